The van der Waals surface area contributed by atoms with Crippen LogP contribution in [-0.2, 0) is 0 Å². The van der Waals surface area contributed by atoms with E-state index in [4.69, 9.17) is 15.1 Å². The van der Waals surface area contributed by atoms with Crippen LogP contribution in [0.15, 0.2) is 206 Å². The smallest absolute Gasteiger partial charge is 0.101 e. The van der Waals surface area contributed by atoms with Crippen LogP contribution in [0.5, 0.6) is 0 Å². The summed E-state index contributed by atoms with van der Waals surface area (Å²) < 4.78 is 2.13. The lowest BCUT2D eigenvalue weighted by atomic mass is 9.85. The first-order valence-corrected chi connectivity index (χ1v) is 19.3. The van der Waals surface area contributed by atoms with Gasteiger partial charge < -0.3 is 0 Å². The molecule has 0 N–H and O–H groups in total. The highest BCUT2D eigenvalue weighted by Crippen LogP contribution is 2.48. The van der Waals surface area contributed by atoms with Crippen LogP contribution in [0.2, 0.25) is 0 Å². The van der Waals surface area contributed by atoms with Crippen LogP contribution in [0.1, 0.15) is 0 Å². The van der Waals surface area contributed by atoms with E-state index in [2.05, 4.69) is 205 Å². The van der Waals surface area contributed by atoms with Gasteiger partial charge in [0.15, 0.2) is 0 Å². The molecular weight excluding hydrogens is 693 g/mol. The van der Waals surface area contributed by atoms with Crippen LogP contribution in [0.25, 0.3) is 105 Å². The fourth-order valence-corrected chi connectivity index (χ4v) is 8.35. The van der Waals surface area contributed by atoms with Crippen molar-refractivity contribution in [3.63, 3.8) is 0 Å². The second kappa shape index (κ2) is 13.6. The van der Waals surface area contributed by atoms with Crippen molar-refractivity contribution in [2.75, 3.05) is 0 Å². The van der Waals surface area contributed by atoms with E-state index in [1.807, 2.05) is 6.07 Å². The molecular formula is C53H34N4. The highest BCUT2D eigenvalue weighted by Gasteiger charge is 2.25. The quantitative estimate of drug-likeness (QED) is 0.160. The van der Waals surface area contributed by atoms with Gasteiger partial charge in [-0.2, -0.15) is 5.10 Å². The molecule has 0 atom stereocenters. The molecule has 0 fully saturated rings. The maximum Gasteiger partial charge on any atom is 0.101 e. The number of hydrogen-bond acceptors (Lipinski definition) is 3. The number of nitrogens with zero attached hydrogens (tertiary/aromatic N) is 4. The van der Waals surface area contributed by atoms with E-state index in [1.54, 1.807) is 0 Å². The Labute approximate surface area is 330 Å². The van der Waals surface area contributed by atoms with Crippen molar-refractivity contribution in [1.29, 1.82) is 0 Å². The van der Waals surface area contributed by atoms with Crippen LogP contribution in [0.4, 0.5) is 0 Å². The molecule has 266 valence electrons. The molecule has 4 nitrogen and oxygen atoms in total. The molecule has 11 rings (SSSR count). The second-order valence-corrected chi connectivity index (χ2v) is 14.4. The average molecular weight is 727 g/mol. The normalized spacial score (nSPS) is 11.5. The number of para-hydroxylation sites is 1. The third-order valence-electron chi connectivity index (χ3n) is 11.0. The topological polar surface area (TPSA) is 43.6 Å². The molecule has 8 aromatic carbocycles. The molecule has 4 heteroatoms. The van der Waals surface area contributed by atoms with Gasteiger partial charge in [0.25, 0.3) is 0 Å². The van der Waals surface area contributed by atoms with Crippen molar-refractivity contribution in [2.24, 2.45) is 0 Å². The third-order valence-corrected chi connectivity index (χ3v) is 11.0. The predicted octanol–water partition coefficient (Wildman–Crippen LogP) is 13.6. The Morgan fingerprint density at radius 2 is 0.842 bits per heavy atom. The van der Waals surface area contributed by atoms with Crippen LogP contribution < -0.4 is 0 Å². The standard InChI is InChI=1S/C53H34N4/c1-5-16-35(17-6-1)45-32-30-38-28-29-39-31-33-46(55-52(39)51(38)54-45)40-22-15-23-41(34-40)47-43-26-13-14-27-44(43)53-49(48(47)36-18-7-2-8-19-36)50(37-20-9-3-10-21-37)56-57(53)42-24-11-4-12-25-42/h1-34H. The summed E-state index contributed by atoms with van der Waals surface area (Å²) in [6, 6.07) is 72.6. The minimum absolute atomic E-state index is 0.894. The highest BCUT2D eigenvalue weighted by molar-refractivity contribution is 6.24. The summed E-state index contributed by atoms with van der Waals surface area (Å²) in [6.07, 6.45) is 0. The minimum atomic E-state index is 0.894. The molecule has 0 aliphatic rings. The van der Waals surface area contributed by atoms with Gasteiger partial charge >= 0.3 is 0 Å². The summed E-state index contributed by atoms with van der Waals surface area (Å²) >= 11 is 0. The monoisotopic (exact) mass is 726 g/mol. The van der Waals surface area contributed by atoms with Gasteiger partial charge in [-0.25, -0.2) is 14.6 Å². The van der Waals surface area contributed by atoms with Gasteiger partial charge in [0, 0.05) is 43.8 Å². The van der Waals surface area contributed by atoms with Crippen LogP contribution in [-0.4, -0.2) is 19.7 Å². The number of hydrogen-bond donors (Lipinski definition) is 0. The van der Waals surface area contributed by atoms with Gasteiger partial charge in [-0.3, -0.25) is 0 Å². The Kier molecular flexibility index (Phi) is 7.78. The summed E-state index contributed by atoms with van der Waals surface area (Å²) in [5, 5.41) is 11.0. The molecule has 3 heterocycles. The lowest BCUT2D eigenvalue weighted by Gasteiger charge is -2.18. The van der Waals surface area contributed by atoms with E-state index in [0.29, 0.717) is 0 Å². The number of fused-ring (bicyclic) bond motifs is 6. The zero-order valence-electron chi connectivity index (χ0n) is 30.9. The van der Waals surface area contributed by atoms with Gasteiger partial charge in [-0.05, 0) is 52.4 Å². The summed E-state index contributed by atoms with van der Waals surface area (Å²) in [6.45, 7) is 0. The summed E-state index contributed by atoms with van der Waals surface area (Å²) in [5.41, 5.74) is 14.4. The largest absolute Gasteiger partial charge is 0.245 e. The fraction of sp³-hybridized carbons (Fsp3) is 0. The number of pyridine rings is 2. The van der Waals surface area contributed by atoms with E-state index < -0.39 is 0 Å². The van der Waals surface area contributed by atoms with E-state index in [0.717, 1.165) is 105 Å². The first kappa shape index (κ1) is 32.7. The van der Waals surface area contributed by atoms with Crippen molar-refractivity contribution in [2.45, 2.75) is 0 Å². The zero-order valence-corrected chi connectivity index (χ0v) is 30.9. The van der Waals surface area contributed by atoms with Gasteiger partial charge in [-0.15, -0.1) is 0 Å². The summed E-state index contributed by atoms with van der Waals surface area (Å²) in [7, 11) is 0. The lowest BCUT2D eigenvalue weighted by molar-refractivity contribution is 0.918. The summed E-state index contributed by atoms with van der Waals surface area (Å²) in [4.78, 5) is 10.5. The van der Waals surface area contributed by atoms with E-state index in [1.165, 1.54) is 0 Å². The average Bonchev–Trinajstić information content (AvgIpc) is 3.70. The molecule has 0 radical (unpaired) electrons. The van der Waals surface area contributed by atoms with E-state index >= 15 is 0 Å². The SMILES string of the molecule is c1ccc(-c2ccc3ccc4ccc(-c5cccc(-c6c(-c7ccccc7)c7c(-c8ccccc8)nn(-c8ccccc8)c7c7ccccc67)c5)nc4c3n2)cc1. The van der Waals surface area contributed by atoms with Crippen molar-refractivity contribution in [3.05, 3.63) is 206 Å². The Morgan fingerprint density at radius 3 is 1.49 bits per heavy atom. The van der Waals surface area contributed by atoms with Crippen molar-refractivity contribution in [1.82, 2.24) is 19.7 Å². The molecule has 0 spiro atoms. The van der Waals surface area contributed by atoms with E-state index in [-0.39, 0.29) is 0 Å². The molecule has 0 saturated carbocycles. The maximum atomic E-state index is 5.45. The number of aromatic nitrogens is 4. The summed E-state index contributed by atoms with van der Waals surface area (Å²) in [5.74, 6) is 0. The van der Waals surface area contributed by atoms with Gasteiger partial charge in [0.1, 0.15) is 5.69 Å². The molecule has 0 saturated heterocycles. The Bertz CT molecular complexity index is 3260. The molecule has 0 aliphatic carbocycles. The number of rotatable bonds is 6. The second-order valence-electron chi connectivity index (χ2n) is 14.4. The van der Waals surface area contributed by atoms with Crippen LogP contribution in [0.3, 0.4) is 0 Å². The molecule has 0 bridgehead atoms. The van der Waals surface area contributed by atoms with Gasteiger partial charge in [-0.1, -0.05) is 176 Å². The Hall–Kier alpha value is -7.69. The molecule has 0 unspecified atom stereocenters. The Balaban J connectivity index is 1.18. The highest BCUT2D eigenvalue weighted by atomic mass is 15.3. The molecule has 57 heavy (non-hydrogen) atoms. The molecule has 0 amide bonds. The van der Waals surface area contributed by atoms with Crippen molar-refractivity contribution in [3.8, 4) is 61.7 Å². The Morgan fingerprint density at radius 1 is 0.351 bits per heavy atom. The maximum absolute atomic E-state index is 5.45. The van der Waals surface area contributed by atoms with Crippen LogP contribution >= 0.6 is 0 Å². The fourth-order valence-electron chi connectivity index (χ4n) is 8.35. The molecule has 3 aromatic heterocycles. The predicted molar refractivity (Wildman–Crippen MR) is 236 cm³/mol. The van der Waals surface area contributed by atoms with Crippen molar-refractivity contribution >= 4 is 43.5 Å². The zero-order chi connectivity index (χ0) is 37.7. The third kappa shape index (κ3) is 5.58. The number of benzene rings is 8. The van der Waals surface area contributed by atoms with Gasteiger partial charge in [0.05, 0.1) is 33.6 Å². The van der Waals surface area contributed by atoms with E-state index in [9.17, 15) is 0 Å². The first-order chi connectivity index (χ1) is 28.3. The van der Waals surface area contributed by atoms with Crippen molar-refractivity contribution < 1.29 is 0 Å². The molecule has 11 aromatic rings. The lowest BCUT2D eigenvalue weighted by Crippen LogP contribution is -1.98. The van der Waals surface area contributed by atoms with Crippen LogP contribution in [0, 0.1) is 0 Å². The minimum Gasteiger partial charge on any atom is -0.245 e. The first-order valence-electron chi connectivity index (χ1n) is 19.3. The van der Waals surface area contributed by atoms with Gasteiger partial charge in [0.2, 0.25) is 0 Å². The molecule has 0 aliphatic heterocycles.